The van der Waals surface area contributed by atoms with Gasteiger partial charge in [0.2, 0.25) is 5.91 Å². The molecule has 28 heavy (non-hydrogen) atoms. The van der Waals surface area contributed by atoms with Crippen LogP contribution in [0.5, 0.6) is 0 Å². The maximum absolute atomic E-state index is 12.5. The molecular weight excluding hydrogens is 354 g/mol. The van der Waals surface area contributed by atoms with E-state index in [0.29, 0.717) is 11.6 Å². The van der Waals surface area contributed by atoms with Crippen molar-refractivity contribution < 1.29 is 4.79 Å². The van der Waals surface area contributed by atoms with E-state index in [1.165, 1.54) is 0 Å². The summed E-state index contributed by atoms with van der Waals surface area (Å²) in [6, 6.07) is 3.67. The van der Waals surface area contributed by atoms with E-state index in [2.05, 4.69) is 37.6 Å². The zero-order chi connectivity index (χ0) is 19.3. The van der Waals surface area contributed by atoms with E-state index in [1.807, 2.05) is 23.7 Å². The van der Waals surface area contributed by atoms with Gasteiger partial charge in [0.25, 0.3) is 0 Å². The average molecular weight is 377 g/mol. The first kappa shape index (κ1) is 18.1. The smallest absolute Gasteiger partial charge is 0.247 e. The molecule has 1 aliphatic carbocycles. The Labute approximate surface area is 163 Å². The Morgan fingerprint density at radius 2 is 2.11 bits per heavy atom. The number of allylic oxidation sites excluding steroid dienone is 2. The third-order valence-electron chi connectivity index (χ3n) is 4.86. The number of aromatic nitrogens is 6. The maximum Gasteiger partial charge on any atom is 0.247 e. The summed E-state index contributed by atoms with van der Waals surface area (Å²) in [7, 11) is 0. The minimum Gasteiger partial charge on any atom is -0.309 e. The van der Waals surface area contributed by atoms with Gasteiger partial charge < -0.3 is 5.32 Å². The largest absolute Gasteiger partial charge is 0.309 e. The summed E-state index contributed by atoms with van der Waals surface area (Å²) in [6.07, 6.45) is 14.6. The van der Waals surface area contributed by atoms with Crippen LogP contribution in [0, 0.1) is 12.8 Å². The molecule has 0 unspecified atom stereocenters. The lowest BCUT2D eigenvalue weighted by Crippen LogP contribution is -2.22. The van der Waals surface area contributed by atoms with Crippen LogP contribution < -0.4 is 5.32 Å². The van der Waals surface area contributed by atoms with Crippen LogP contribution in [0.3, 0.4) is 0 Å². The van der Waals surface area contributed by atoms with Crippen LogP contribution >= 0.6 is 0 Å². The first-order chi connectivity index (χ1) is 13.7. The van der Waals surface area contributed by atoms with Crippen LogP contribution in [0.15, 0.2) is 49.1 Å². The monoisotopic (exact) mass is 377 g/mol. The SMILES string of the molecule is Cc1nccnc1-c1ccn(CC(=O)Nc2ccnn2C[C@@H]2CC=CCC2)n1. The quantitative estimate of drug-likeness (QED) is 0.667. The number of nitrogens with zero attached hydrogens (tertiary/aromatic N) is 6. The third-order valence-corrected chi connectivity index (χ3v) is 4.86. The predicted molar refractivity (Wildman–Crippen MR) is 105 cm³/mol. The van der Waals surface area contributed by atoms with Crippen molar-refractivity contribution in [3.8, 4) is 11.4 Å². The maximum atomic E-state index is 12.5. The highest BCUT2D eigenvalue weighted by Crippen LogP contribution is 2.21. The first-order valence-electron chi connectivity index (χ1n) is 9.47. The average Bonchev–Trinajstić information content (AvgIpc) is 3.33. The molecule has 0 saturated heterocycles. The van der Waals surface area contributed by atoms with Gasteiger partial charge in [0.1, 0.15) is 23.8 Å². The zero-order valence-electron chi connectivity index (χ0n) is 15.8. The molecule has 8 heteroatoms. The molecule has 0 fully saturated rings. The zero-order valence-corrected chi connectivity index (χ0v) is 15.8. The molecular formula is C20H23N7O. The second-order valence-corrected chi connectivity index (χ2v) is 6.99. The standard InChI is InChI=1S/C20H23N7O/c1-15-20(22-11-10-21-15)17-8-12-26(25-17)14-19(28)24-18-7-9-23-27(18)13-16-5-3-2-4-6-16/h2-3,7-12,16H,4-6,13-14H2,1H3,(H,24,28)/t16-/m1/s1. The molecule has 3 aromatic rings. The molecule has 4 rings (SSSR count). The Kier molecular flexibility index (Phi) is 5.27. The summed E-state index contributed by atoms with van der Waals surface area (Å²) in [5, 5.41) is 11.8. The van der Waals surface area contributed by atoms with E-state index in [4.69, 9.17) is 0 Å². The molecule has 0 saturated carbocycles. The Morgan fingerprint density at radius 3 is 2.93 bits per heavy atom. The van der Waals surface area contributed by atoms with Gasteiger partial charge >= 0.3 is 0 Å². The van der Waals surface area contributed by atoms with Gasteiger partial charge in [-0.1, -0.05) is 12.2 Å². The fourth-order valence-corrected chi connectivity index (χ4v) is 3.42. The van der Waals surface area contributed by atoms with Crippen molar-refractivity contribution in [3.05, 3.63) is 54.8 Å². The summed E-state index contributed by atoms with van der Waals surface area (Å²) in [4.78, 5) is 21.0. The van der Waals surface area contributed by atoms with Crippen molar-refractivity contribution >= 4 is 11.7 Å². The molecule has 8 nitrogen and oxygen atoms in total. The van der Waals surface area contributed by atoms with Gasteiger partial charge in [-0.2, -0.15) is 10.2 Å². The molecule has 0 spiro atoms. The molecule has 3 aromatic heterocycles. The van der Waals surface area contributed by atoms with Gasteiger partial charge in [0.15, 0.2) is 0 Å². The molecule has 0 aliphatic heterocycles. The number of nitrogens with one attached hydrogen (secondary N) is 1. The van der Waals surface area contributed by atoms with Gasteiger partial charge in [0.05, 0.1) is 11.9 Å². The second-order valence-electron chi connectivity index (χ2n) is 6.99. The Balaban J connectivity index is 1.38. The van der Waals surface area contributed by atoms with E-state index in [1.54, 1.807) is 29.5 Å². The lowest BCUT2D eigenvalue weighted by molar-refractivity contribution is -0.116. The summed E-state index contributed by atoms with van der Waals surface area (Å²) in [5.41, 5.74) is 2.23. The number of anilines is 1. The third kappa shape index (κ3) is 4.16. The molecule has 1 atom stereocenters. The molecule has 3 heterocycles. The number of carbonyl (C=O) groups is 1. The number of amides is 1. The highest BCUT2D eigenvalue weighted by Gasteiger charge is 2.15. The number of carbonyl (C=O) groups excluding carboxylic acids is 1. The molecule has 1 aliphatic rings. The lowest BCUT2D eigenvalue weighted by atomic mass is 9.94. The molecule has 144 valence electrons. The fraction of sp³-hybridized carbons (Fsp3) is 0.350. The topological polar surface area (TPSA) is 90.5 Å². The van der Waals surface area contributed by atoms with Crippen LogP contribution in [0.25, 0.3) is 11.4 Å². The van der Waals surface area contributed by atoms with Gasteiger partial charge in [-0.25, -0.2) is 4.68 Å². The van der Waals surface area contributed by atoms with Crippen molar-refractivity contribution in [2.45, 2.75) is 39.3 Å². The van der Waals surface area contributed by atoms with Gasteiger partial charge in [-0.3, -0.25) is 19.4 Å². The van der Waals surface area contributed by atoms with Gasteiger partial charge in [-0.15, -0.1) is 0 Å². The van der Waals surface area contributed by atoms with Crippen LogP contribution in [-0.4, -0.2) is 35.4 Å². The lowest BCUT2D eigenvalue weighted by Gasteiger charge is -2.19. The summed E-state index contributed by atoms with van der Waals surface area (Å²) in [6.45, 7) is 2.82. The van der Waals surface area contributed by atoms with Crippen LogP contribution in [0.1, 0.15) is 25.0 Å². The molecule has 0 bridgehead atoms. The summed E-state index contributed by atoms with van der Waals surface area (Å²) < 4.78 is 3.48. The predicted octanol–water partition coefficient (Wildman–Crippen LogP) is 2.84. The van der Waals surface area contributed by atoms with Gasteiger partial charge in [-0.05, 0) is 38.2 Å². The first-order valence-corrected chi connectivity index (χ1v) is 9.47. The Bertz CT molecular complexity index is 988. The molecule has 1 N–H and O–H groups in total. The number of hydrogen-bond donors (Lipinski definition) is 1. The summed E-state index contributed by atoms with van der Waals surface area (Å²) in [5.74, 6) is 1.14. The molecule has 0 radical (unpaired) electrons. The fourth-order valence-electron chi connectivity index (χ4n) is 3.42. The second kappa shape index (κ2) is 8.16. The van der Waals surface area contributed by atoms with Crippen molar-refractivity contribution in [2.75, 3.05) is 5.32 Å². The minimum atomic E-state index is -0.143. The van der Waals surface area contributed by atoms with Crippen molar-refractivity contribution in [2.24, 2.45) is 5.92 Å². The van der Waals surface area contributed by atoms with E-state index in [-0.39, 0.29) is 12.5 Å². The minimum absolute atomic E-state index is 0.122. The normalized spacial score (nSPS) is 16.2. The van der Waals surface area contributed by atoms with E-state index in [0.717, 1.165) is 43.0 Å². The number of rotatable bonds is 6. The van der Waals surface area contributed by atoms with E-state index >= 15 is 0 Å². The highest BCUT2D eigenvalue weighted by molar-refractivity contribution is 5.89. The highest BCUT2D eigenvalue weighted by atomic mass is 16.2. The van der Waals surface area contributed by atoms with Crippen LogP contribution in [0.2, 0.25) is 0 Å². The Hall–Kier alpha value is -3.29. The van der Waals surface area contributed by atoms with Crippen molar-refractivity contribution in [1.29, 1.82) is 0 Å². The Morgan fingerprint density at radius 1 is 1.21 bits per heavy atom. The molecule has 0 aromatic carbocycles. The van der Waals surface area contributed by atoms with Crippen molar-refractivity contribution in [1.82, 2.24) is 29.5 Å². The molecule has 1 amide bonds. The van der Waals surface area contributed by atoms with Crippen molar-refractivity contribution in [3.63, 3.8) is 0 Å². The van der Waals surface area contributed by atoms with Gasteiger partial charge in [0, 0.05) is 31.2 Å². The number of hydrogen-bond acceptors (Lipinski definition) is 5. The van der Waals surface area contributed by atoms with Crippen LogP contribution in [-0.2, 0) is 17.9 Å². The van der Waals surface area contributed by atoms with E-state index < -0.39 is 0 Å². The summed E-state index contributed by atoms with van der Waals surface area (Å²) >= 11 is 0. The van der Waals surface area contributed by atoms with E-state index in [9.17, 15) is 4.79 Å². The van der Waals surface area contributed by atoms with Crippen LogP contribution in [0.4, 0.5) is 5.82 Å². The number of aryl methyl sites for hydroxylation is 1.